The molecule has 0 saturated heterocycles. The number of carbonyl (C=O) groups is 1. The first-order chi connectivity index (χ1) is 10.7. The molecule has 22 heavy (non-hydrogen) atoms. The molecule has 2 aromatic rings. The van der Waals surface area contributed by atoms with Crippen molar-refractivity contribution >= 4 is 11.6 Å². The number of rotatable bonds is 4. The highest BCUT2D eigenvalue weighted by molar-refractivity contribution is 5.92. The summed E-state index contributed by atoms with van der Waals surface area (Å²) in [4.78, 5) is 12.1. The van der Waals surface area contributed by atoms with Crippen molar-refractivity contribution in [1.29, 1.82) is 0 Å². The minimum absolute atomic E-state index is 0.0927. The van der Waals surface area contributed by atoms with Crippen molar-refractivity contribution in [3.63, 3.8) is 0 Å². The molecule has 3 rings (SSSR count). The number of hydrogen-bond donors (Lipinski definition) is 1. The summed E-state index contributed by atoms with van der Waals surface area (Å²) in [5.74, 6) is 2.03. The van der Waals surface area contributed by atoms with E-state index in [4.69, 9.17) is 14.2 Å². The van der Waals surface area contributed by atoms with E-state index in [1.807, 2.05) is 36.4 Å². The molecule has 0 aromatic heterocycles. The van der Waals surface area contributed by atoms with Crippen LogP contribution >= 0.6 is 0 Å². The van der Waals surface area contributed by atoms with Gasteiger partial charge in [0, 0.05) is 11.8 Å². The second-order valence-corrected chi connectivity index (χ2v) is 4.93. The summed E-state index contributed by atoms with van der Waals surface area (Å²) in [5, 5.41) is 2.85. The van der Waals surface area contributed by atoms with Gasteiger partial charge in [-0.25, -0.2) is 0 Å². The van der Waals surface area contributed by atoms with Crippen LogP contribution in [-0.4, -0.2) is 26.2 Å². The largest absolute Gasteiger partial charge is 0.497 e. The number of anilines is 1. The van der Waals surface area contributed by atoms with Gasteiger partial charge < -0.3 is 19.5 Å². The van der Waals surface area contributed by atoms with E-state index in [0.717, 1.165) is 11.3 Å². The molecule has 0 unspecified atom stereocenters. The molecule has 1 amide bonds. The Labute approximate surface area is 128 Å². The second-order valence-electron chi connectivity index (χ2n) is 4.93. The van der Waals surface area contributed by atoms with Gasteiger partial charge in [-0.05, 0) is 29.8 Å². The van der Waals surface area contributed by atoms with E-state index in [2.05, 4.69) is 5.32 Å². The monoisotopic (exact) mass is 299 g/mol. The Balaban J connectivity index is 1.66. The van der Waals surface area contributed by atoms with Crippen molar-refractivity contribution in [1.82, 2.24) is 0 Å². The fraction of sp³-hybridized carbons (Fsp3) is 0.235. The highest BCUT2D eigenvalue weighted by atomic mass is 16.6. The van der Waals surface area contributed by atoms with Crippen LogP contribution in [0.5, 0.6) is 17.2 Å². The van der Waals surface area contributed by atoms with E-state index in [-0.39, 0.29) is 12.3 Å². The lowest BCUT2D eigenvalue weighted by Crippen LogP contribution is -2.17. The van der Waals surface area contributed by atoms with Crippen molar-refractivity contribution in [3.8, 4) is 17.2 Å². The first-order valence-corrected chi connectivity index (χ1v) is 7.07. The number of carbonyl (C=O) groups excluding carboxylic acids is 1. The van der Waals surface area contributed by atoms with Crippen molar-refractivity contribution in [2.75, 3.05) is 25.6 Å². The third-order valence-electron chi connectivity index (χ3n) is 3.32. The molecule has 5 heteroatoms. The van der Waals surface area contributed by atoms with Crippen LogP contribution < -0.4 is 19.5 Å². The van der Waals surface area contributed by atoms with Crippen LogP contribution in [-0.2, 0) is 11.2 Å². The number of fused-ring (bicyclic) bond motifs is 1. The third kappa shape index (κ3) is 3.31. The summed E-state index contributed by atoms with van der Waals surface area (Å²) in [5.41, 5.74) is 1.59. The minimum atomic E-state index is -0.0927. The lowest BCUT2D eigenvalue weighted by Gasteiger charge is -2.18. The van der Waals surface area contributed by atoms with Crippen molar-refractivity contribution < 1.29 is 19.0 Å². The average Bonchev–Trinajstić information content (AvgIpc) is 2.55. The fourth-order valence-electron chi connectivity index (χ4n) is 2.29. The Kier molecular flexibility index (Phi) is 4.14. The molecule has 0 fully saturated rings. The molecule has 0 saturated carbocycles. The standard InChI is InChI=1S/C17H17NO4/c1-20-14-4-2-3-13(11-14)18-17(19)10-12-5-6-15-16(9-12)22-8-7-21-15/h2-6,9,11H,7-8,10H2,1H3,(H,18,19). The third-order valence-corrected chi connectivity index (χ3v) is 3.32. The number of nitrogens with one attached hydrogen (secondary N) is 1. The molecule has 1 heterocycles. The summed E-state index contributed by atoms with van der Waals surface area (Å²) in [6.07, 6.45) is 0.272. The lowest BCUT2D eigenvalue weighted by atomic mass is 10.1. The second kappa shape index (κ2) is 6.39. The normalized spacial score (nSPS) is 12.6. The maximum atomic E-state index is 12.1. The zero-order chi connectivity index (χ0) is 15.4. The van der Waals surface area contributed by atoms with E-state index in [1.165, 1.54) is 0 Å². The van der Waals surface area contributed by atoms with Crippen LogP contribution in [0.4, 0.5) is 5.69 Å². The summed E-state index contributed by atoms with van der Waals surface area (Å²) < 4.78 is 16.1. The molecular weight excluding hydrogens is 282 g/mol. The van der Waals surface area contributed by atoms with Gasteiger partial charge in [-0.15, -0.1) is 0 Å². The zero-order valence-corrected chi connectivity index (χ0v) is 12.3. The predicted molar refractivity (Wildman–Crippen MR) is 82.8 cm³/mol. The van der Waals surface area contributed by atoms with E-state index in [9.17, 15) is 4.79 Å². The molecule has 0 spiro atoms. The molecule has 2 aromatic carbocycles. The van der Waals surface area contributed by atoms with Gasteiger partial charge in [0.2, 0.25) is 5.91 Å². The van der Waals surface area contributed by atoms with Crippen molar-refractivity contribution in [3.05, 3.63) is 48.0 Å². The van der Waals surface area contributed by atoms with Gasteiger partial charge >= 0.3 is 0 Å². The average molecular weight is 299 g/mol. The molecule has 0 bridgehead atoms. The maximum Gasteiger partial charge on any atom is 0.228 e. The number of benzene rings is 2. The Bertz CT molecular complexity index is 684. The summed E-state index contributed by atoms with van der Waals surface area (Å²) in [6.45, 7) is 1.09. The van der Waals surface area contributed by atoms with Crippen molar-refractivity contribution in [2.24, 2.45) is 0 Å². The Morgan fingerprint density at radius 1 is 1.14 bits per heavy atom. The zero-order valence-electron chi connectivity index (χ0n) is 12.3. The summed E-state index contributed by atoms with van der Waals surface area (Å²) in [6, 6.07) is 12.8. The Hall–Kier alpha value is -2.69. The van der Waals surface area contributed by atoms with E-state index in [1.54, 1.807) is 13.2 Å². The van der Waals surface area contributed by atoms with Gasteiger partial charge in [0.1, 0.15) is 19.0 Å². The quantitative estimate of drug-likeness (QED) is 0.943. The van der Waals surface area contributed by atoms with Gasteiger partial charge in [0.25, 0.3) is 0 Å². The highest BCUT2D eigenvalue weighted by Gasteiger charge is 2.13. The molecule has 1 aliphatic rings. The number of hydrogen-bond acceptors (Lipinski definition) is 4. The highest BCUT2D eigenvalue weighted by Crippen LogP contribution is 2.30. The van der Waals surface area contributed by atoms with Crippen LogP contribution in [0.25, 0.3) is 0 Å². The van der Waals surface area contributed by atoms with E-state index in [0.29, 0.717) is 30.4 Å². The minimum Gasteiger partial charge on any atom is -0.497 e. The van der Waals surface area contributed by atoms with Crippen LogP contribution in [0.1, 0.15) is 5.56 Å². The van der Waals surface area contributed by atoms with Crippen LogP contribution in [0.15, 0.2) is 42.5 Å². The van der Waals surface area contributed by atoms with Crippen LogP contribution in [0, 0.1) is 0 Å². The molecule has 1 N–H and O–H groups in total. The molecule has 114 valence electrons. The Morgan fingerprint density at radius 2 is 1.95 bits per heavy atom. The SMILES string of the molecule is COc1cccc(NC(=O)Cc2ccc3c(c2)OCCO3)c1. The summed E-state index contributed by atoms with van der Waals surface area (Å²) >= 11 is 0. The lowest BCUT2D eigenvalue weighted by molar-refractivity contribution is -0.115. The molecule has 0 radical (unpaired) electrons. The topological polar surface area (TPSA) is 56.8 Å². The molecule has 5 nitrogen and oxygen atoms in total. The van der Waals surface area contributed by atoms with Gasteiger partial charge in [-0.1, -0.05) is 12.1 Å². The number of ether oxygens (including phenoxy) is 3. The van der Waals surface area contributed by atoms with Gasteiger partial charge in [-0.3, -0.25) is 4.79 Å². The smallest absolute Gasteiger partial charge is 0.228 e. The van der Waals surface area contributed by atoms with Crippen LogP contribution in [0.2, 0.25) is 0 Å². The first-order valence-electron chi connectivity index (χ1n) is 7.07. The molecular formula is C17H17NO4. The summed E-state index contributed by atoms with van der Waals surface area (Å²) in [7, 11) is 1.59. The van der Waals surface area contributed by atoms with E-state index >= 15 is 0 Å². The van der Waals surface area contributed by atoms with Gasteiger partial charge in [0.05, 0.1) is 13.5 Å². The van der Waals surface area contributed by atoms with Crippen LogP contribution in [0.3, 0.4) is 0 Å². The maximum absolute atomic E-state index is 12.1. The molecule has 0 atom stereocenters. The molecule has 1 aliphatic heterocycles. The number of methoxy groups -OCH3 is 1. The fourth-order valence-corrected chi connectivity index (χ4v) is 2.29. The van der Waals surface area contributed by atoms with E-state index < -0.39 is 0 Å². The van der Waals surface area contributed by atoms with Crippen molar-refractivity contribution in [2.45, 2.75) is 6.42 Å². The first kappa shape index (κ1) is 14.3. The number of amides is 1. The van der Waals surface area contributed by atoms with Gasteiger partial charge in [-0.2, -0.15) is 0 Å². The predicted octanol–water partition coefficient (Wildman–Crippen LogP) is 2.65. The molecule has 0 aliphatic carbocycles. The van der Waals surface area contributed by atoms with Gasteiger partial charge in [0.15, 0.2) is 11.5 Å². The Morgan fingerprint density at radius 3 is 2.77 bits per heavy atom.